The van der Waals surface area contributed by atoms with Crippen LogP contribution in [0.4, 0.5) is 0 Å². The van der Waals surface area contributed by atoms with E-state index in [0.717, 1.165) is 0 Å². The highest BCUT2D eigenvalue weighted by atomic mass is 35.5. The summed E-state index contributed by atoms with van der Waals surface area (Å²) in [5.41, 5.74) is -4.02. The quantitative estimate of drug-likeness (QED) is 0.0727. The van der Waals surface area contributed by atoms with Crippen LogP contribution in [-0.4, -0.2) is 66.4 Å². The van der Waals surface area contributed by atoms with Crippen LogP contribution in [0.3, 0.4) is 0 Å². The molecule has 10 aromatic rings. The zero-order chi connectivity index (χ0) is 61.8. The summed E-state index contributed by atoms with van der Waals surface area (Å²) in [5, 5.41) is 40.9. The molecule has 0 saturated heterocycles. The molecule has 0 aliphatic carbocycles. The summed E-state index contributed by atoms with van der Waals surface area (Å²) >= 11 is 44.1. The molecule has 0 saturated carbocycles. The number of nitrogens with zero attached hydrogens (tertiary/aromatic N) is 4. The summed E-state index contributed by atoms with van der Waals surface area (Å²) < 4.78 is 0. The standard InChI is InChI=1S/C70H40Cl6N4O8/c71-41-33-55(73)59(56(74)34-41)69(77-61(47-9-1-5-13-51(47)65(85)37-17-25-43(81)26-18-37)62(78-69)48-10-2-6-14-52(48)66(86)38-19-27-44(82)28-20-38)70(60-57(75)35-42(72)36-58(60)76)79-63(49-11-3-7-15-53(49)67(87)39-21-29-45(83)30-22-39)64(80-70)50-12-4-8-16-54(50)68(88)40-23-31-46(84)32-24-40/h1-36,81-84H. The number of aliphatic imine (C=N–C) groups is 4. The van der Waals surface area contributed by atoms with Gasteiger partial charge in [0.15, 0.2) is 23.1 Å². The van der Waals surface area contributed by atoms with E-state index in [1.54, 1.807) is 97.1 Å². The second kappa shape index (κ2) is 23.6. The zero-order valence-electron chi connectivity index (χ0n) is 45.3. The summed E-state index contributed by atoms with van der Waals surface area (Å²) in [6.45, 7) is 0. The Labute approximate surface area is 532 Å². The first-order valence-corrected chi connectivity index (χ1v) is 29.1. The first-order chi connectivity index (χ1) is 42.4. The molecule has 0 spiro atoms. The molecule has 18 heteroatoms. The normalized spacial score (nSPS) is 13.9. The predicted octanol–water partition coefficient (Wildman–Crippen LogP) is 16.3. The van der Waals surface area contributed by atoms with Crippen molar-refractivity contribution in [3.8, 4) is 23.0 Å². The number of phenolic OH excluding ortho intramolecular Hbond substituents is 4. The molecule has 12 rings (SSSR count). The summed E-state index contributed by atoms with van der Waals surface area (Å²) in [6.07, 6.45) is 0. The van der Waals surface area contributed by atoms with Crippen LogP contribution in [0.2, 0.25) is 30.1 Å². The van der Waals surface area contributed by atoms with Crippen LogP contribution in [0.25, 0.3) is 0 Å². The van der Waals surface area contributed by atoms with Crippen LogP contribution in [0, 0.1) is 0 Å². The monoisotopic (exact) mass is 1270 g/mol. The van der Waals surface area contributed by atoms with Crippen molar-refractivity contribution >= 4 is 116 Å². The SMILES string of the molecule is O=C(c1ccc(O)cc1)c1ccccc1C1=NC(c2c(Cl)cc(Cl)cc2Cl)(C2(c3c(Cl)cc(Cl)cc3Cl)N=C(c3ccccc3C(=O)c3ccc(O)cc3)C(c3ccccc3C(=O)c3ccc(O)cc3)=N2)N=C1c1ccccc1C(=O)c1ccc(O)cc1. The molecule has 0 aromatic heterocycles. The Bertz CT molecular complexity index is 4120. The highest BCUT2D eigenvalue weighted by Crippen LogP contribution is 2.60. The van der Waals surface area contributed by atoms with E-state index < -0.39 is 34.5 Å². The molecule has 10 aromatic carbocycles. The molecule has 2 aliphatic heterocycles. The van der Waals surface area contributed by atoms with Crippen LogP contribution in [0.15, 0.2) is 238 Å². The number of halogens is 6. The Morgan fingerprint density at radius 2 is 0.477 bits per heavy atom. The minimum atomic E-state index is -2.60. The lowest BCUT2D eigenvalue weighted by Gasteiger charge is -2.40. The fraction of sp³-hybridized carbons (Fsp3) is 0.0286. The molecule has 0 bridgehead atoms. The van der Waals surface area contributed by atoms with Gasteiger partial charge in [0.25, 0.3) is 0 Å². The first kappa shape index (κ1) is 58.9. The number of ketones is 4. The number of carbonyl (C=O) groups excluding carboxylic acids is 4. The number of aromatic hydroxyl groups is 4. The zero-order valence-corrected chi connectivity index (χ0v) is 49.8. The molecule has 430 valence electrons. The lowest BCUT2D eigenvalue weighted by atomic mass is 9.81. The van der Waals surface area contributed by atoms with E-state index >= 15 is 19.2 Å². The Balaban J connectivity index is 1.28. The summed E-state index contributed by atoms with van der Waals surface area (Å²) in [5.74, 6) is -2.42. The van der Waals surface area contributed by atoms with Gasteiger partial charge in [0.2, 0.25) is 11.3 Å². The van der Waals surface area contributed by atoms with Gasteiger partial charge in [0.1, 0.15) is 23.0 Å². The minimum Gasteiger partial charge on any atom is -0.508 e. The third kappa shape index (κ3) is 10.5. The fourth-order valence-corrected chi connectivity index (χ4v) is 13.1. The van der Waals surface area contributed by atoms with Crippen molar-refractivity contribution in [2.75, 3.05) is 0 Å². The summed E-state index contributed by atoms with van der Waals surface area (Å²) in [6, 6.07) is 54.4. The lowest BCUT2D eigenvalue weighted by molar-refractivity contribution is 0.103. The smallest absolute Gasteiger partial charge is 0.229 e. The molecule has 0 amide bonds. The largest absolute Gasteiger partial charge is 0.508 e. The number of hydrogen-bond acceptors (Lipinski definition) is 12. The summed E-state index contributed by atoms with van der Waals surface area (Å²) in [7, 11) is 0. The number of benzene rings is 10. The molecule has 0 atom stereocenters. The maximum atomic E-state index is 15.1. The highest BCUT2D eigenvalue weighted by Gasteiger charge is 2.64. The van der Waals surface area contributed by atoms with Crippen molar-refractivity contribution in [3.05, 3.63) is 326 Å². The number of hydrogen-bond donors (Lipinski definition) is 4. The van der Waals surface area contributed by atoms with E-state index in [2.05, 4.69) is 0 Å². The van der Waals surface area contributed by atoms with Crippen LogP contribution < -0.4 is 0 Å². The van der Waals surface area contributed by atoms with Gasteiger partial charge >= 0.3 is 0 Å². The van der Waals surface area contributed by atoms with Gasteiger partial charge in [-0.2, -0.15) is 0 Å². The maximum absolute atomic E-state index is 15.1. The van der Waals surface area contributed by atoms with Crippen LogP contribution >= 0.6 is 69.6 Å². The van der Waals surface area contributed by atoms with Crippen molar-refractivity contribution < 1.29 is 39.6 Å². The van der Waals surface area contributed by atoms with Gasteiger partial charge in [-0.15, -0.1) is 0 Å². The van der Waals surface area contributed by atoms with E-state index in [1.807, 2.05) is 0 Å². The lowest BCUT2D eigenvalue weighted by Crippen LogP contribution is -2.44. The Hall–Kier alpha value is -9.50. The van der Waals surface area contributed by atoms with Crippen molar-refractivity contribution in [2.45, 2.75) is 11.3 Å². The van der Waals surface area contributed by atoms with Gasteiger partial charge in [0.05, 0.1) is 42.9 Å². The highest BCUT2D eigenvalue weighted by molar-refractivity contribution is 6.58. The molecular weight excluding hydrogens is 1240 g/mol. The van der Waals surface area contributed by atoms with Crippen LogP contribution in [0.1, 0.15) is 97.1 Å². The molecule has 12 nitrogen and oxygen atoms in total. The van der Waals surface area contributed by atoms with Crippen molar-refractivity contribution in [1.29, 1.82) is 0 Å². The molecule has 2 heterocycles. The van der Waals surface area contributed by atoms with E-state index in [-0.39, 0.29) is 154 Å². The van der Waals surface area contributed by atoms with Gasteiger partial charge in [-0.05, 0) is 121 Å². The van der Waals surface area contributed by atoms with E-state index in [4.69, 9.17) is 89.6 Å². The third-order valence-electron chi connectivity index (χ3n) is 15.0. The third-order valence-corrected chi connectivity index (χ3v) is 16.6. The topological polar surface area (TPSA) is 199 Å². The average Bonchev–Trinajstić information content (AvgIpc) is 1.52. The van der Waals surface area contributed by atoms with Crippen LogP contribution in [0.5, 0.6) is 23.0 Å². The molecule has 0 radical (unpaired) electrons. The second-order valence-electron chi connectivity index (χ2n) is 20.4. The first-order valence-electron chi connectivity index (χ1n) is 26.8. The number of phenols is 4. The van der Waals surface area contributed by atoms with E-state index in [9.17, 15) is 20.4 Å². The van der Waals surface area contributed by atoms with Crippen LogP contribution in [-0.2, 0) is 11.3 Å². The molecule has 0 fully saturated rings. The predicted molar refractivity (Wildman–Crippen MR) is 344 cm³/mol. The number of carbonyl (C=O) groups is 4. The average molecular weight is 1280 g/mol. The maximum Gasteiger partial charge on any atom is 0.229 e. The van der Waals surface area contributed by atoms with Gasteiger partial charge in [-0.3, -0.25) is 19.2 Å². The molecular formula is C70H40Cl6N4O8. The van der Waals surface area contributed by atoms with E-state index in [1.165, 1.54) is 121 Å². The Kier molecular flexibility index (Phi) is 15.8. The van der Waals surface area contributed by atoms with Crippen molar-refractivity contribution in [2.24, 2.45) is 20.0 Å². The van der Waals surface area contributed by atoms with Gasteiger partial charge in [-0.1, -0.05) is 167 Å². The molecule has 88 heavy (non-hydrogen) atoms. The van der Waals surface area contributed by atoms with Gasteiger partial charge in [0, 0.05) is 87.9 Å². The van der Waals surface area contributed by atoms with Gasteiger partial charge in [-0.25, -0.2) is 20.0 Å². The van der Waals surface area contributed by atoms with E-state index in [0.29, 0.717) is 0 Å². The Morgan fingerprint density at radius 3 is 0.682 bits per heavy atom. The number of rotatable bonds is 15. The fourth-order valence-electron chi connectivity index (χ4n) is 10.9. The van der Waals surface area contributed by atoms with Crippen molar-refractivity contribution in [3.63, 3.8) is 0 Å². The Morgan fingerprint density at radius 1 is 0.284 bits per heavy atom. The second-order valence-corrected chi connectivity index (χ2v) is 22.9. The molecule has 0 unspecified atom stereocenters. The summed E-state index contributed by atoms with van der Waals surface area (Å²) in [4.78, 5) is 83.5. The van der Waals surface area contributed by atoms with Gasteiger partial charge < -0.3 is 20.4 Å². The van der Waals surface area contributed by atoms with Crippen molar-refractivity contribution in [1.82, 2.24) is 0 Å². The minimum absolute atomic E-state index is 0.0532. The molecule has 2 aliphatic rings. The molecule has 4 N–H and O–H groups in total.